The maximum Gasteiger partial charge on any atom is 0.432 e. The molecule has 0 unspecified atom stereocenters. The zero-order valence-corrected chi connectivity index (χ0v) is 24.7. The predicted octanol–water partition coefficient (Wildman–Crippen LogP) is 6.49. The Morgan fingerprint density at radius 1 is 1.14 bits per heavy atom. The average Bonchev–Trinajstić information content (AvgIpc) is 3.21. The largest absolute Gasteiger partial charge is 0.465 e. The van der Waals surface area contributed by atoms with Gasteiger partial charge in [0.25, 0.3) is 5.60 Å². The zero-order chi connectivity index (χ0) is 31.7. The molecule has 0 radical (unpaired) electrons. The highest BCUT2D eigenvalue weighted by Crippen LogP contribution is 2.50. The van der Waals surface area contributed by atoms with E-state index < -0.39 is 46.8 Å². The first kappa shape index (κ1) is 31.7. The third-order valence-electron chi connectivity index (χ3n) is 7.80. The molecule has 0 saturated carbocycles. The summed E-state index contributed by atoms with van der Waals surface area (Å²) in [5, 5.41) is 0. The molecule has 3 aliphatic rings. The summed E-state index contributed by atoms with van der Waals surface area (Å²) in [6.45, 7) is 8.66. The Balaban J connectivity index is 1.82. The fourth-order valence-corrected chi connectivity index (χ4v) is 5.34. The molecule has 228 valence electrons. The number of Topliss-reactive ketones (excluding diaryl/α,β-unsaturated/α-hetero) is 1. The van der Waals surface area contributed by atoms with Crippen LogP contribution in [-0.4, -0.2) is 42.7 Å². The second-order valence-corrected chi connectivity index (χ2v) is 10.8. The number of allylic oxidation sites excluding steroid dienone is 5. The van der Waals surface area contributed by atoms with Gasteiger partial charge in [0.15, 0.2) is 17.5 Å². The molecule has 4 atom stereocenters. The molecular weight excluding hydrogens is 565 g/mol. The van der Waals surface area contributed by atoms with E-state index in [4.69, 9.17) is 18.9 Å². The van der Waals surface area contributed by atoms with E-state index in [1.807, 2.05) is 13.0 Å². The molecule has 0 spiro atoms. The first-order valence-corrected chi connectivity index (χ1v) is 13.7. The van der Waals surface area contributed by atoms with Gasteiger partial charge in [-0.05, 0) is 50.5 Å². The van der Waals surface area contributed by atoms with E-state index in [0.717, 1.165) is 31.2 Å². The van der Waals surface area contributed by atoms with Crippen molar-refractivity contribution in [2.45, 2.75) is 64.5 Å². The lowest BCUT2D eigenvalue weighted by atomic mass is 9.75. The van der Waals surface area contributed by atoms with Crippen molar-refractivity contribution in [3.8, 4) is 0 Å². The van der Waals surface area contributed by atoms with Gasteiger partial charge in [0.1, 0.15) is 11.3 Å². The second kappa shape index (κ2) is 11.8. The highest BCUT2D eigenvalue weighted by Gasteiger charge is 2.66. The Morgan fingerprint density at radius 3 is 2.40 bits per heavy atom. The lowest BCUT2D eigenvalue weighted by molar-refractivity contribution is -0.279. The standard InChI is InChI=1S/C33H33F3O7/c1-7-19(2)15-20(3)13-14-24-16-22-17-26-27(21(4)37)29(38)43-31(26,5)28(25(22)18-41-24)42-30(39)32(40-6,33(34,35)36)23-11-9-8-10-12-23/h8-19,28H,7H2,1-6H3/b14-13+,20-15+/t19-,28+,31+,32-/m0/s1. The van der Waals surface area contributed by atoms with Crippen LogP contribution in [0.15, 0.2) is 101 Å². The number of esters is 2. The Kier molecular flexibility index (Phi) is 8.74. The number of benzene rings is 1. The fourth-order valence-electron chi connectivity index (χ4n) is 5.34. The molecule has 0 saturated heterocycles. The van der Waals surface area contributed by atoms with Gasteiger partial charge >= 0.3 is 18.1 Å². The van der Waals surface area contributed by atoms with Crippen LogP contribution in [-0.2, 0) is 38.9 Å². The van der Waals surface area contributed by atoms with Gasteiger partial charge in [0, 0.05) is 23.8 Å². The van der Waals surface area contributed by atoms with Crippen LogP contribution < -0.4 is 0 Å². The summed E-state index contributed by atoms with van der Waals surface area (Å²) in [5.74, 6) is -2.62. The number of rotatable bonds is 9. The maximum absolute atomic E-state index is 14.7. The Labute approximate surface area is 248 Å². The molecule has 2 heterocycles. The van der Waals surface area contributed by atoms with Crippen LogP contribution in [0.3, 0.4) is 0 Å². The van der Waals surface area contributed by atoms with Crippen LogP contribution in [0, 0.1) is 5.92 Å². The molecule has 4 rings (SSSR count). The number of hydrogen-bond acceptors (Lipinski definition) is 7. The van der Waals surface area contributed by atoms with Crippen molar-refractivity contribution >= 4 is 17.7 Å². The average molecular weight is 599 g/mol. The monoisotopic (exact) mass is 598 g/mol. The number of hydrogen-bond donors (Lipinski definition) is 0. The van der Waals surface area contributed by atoms with E-state index >= 15 is 0 Å². The summed E-state index contributed by atoms with van der Waals surface area (Å²) >= 11 is 0. The molecule has 10 heteroatoms. The van der Waals surface area contributed by atoms with Crippen LogP contribution in [0.1, 0.15) is 46.6 Å². The van der Waals surface area contributed by atoms with E-state index in [2.05, 4.69) is 19.9 Å². The molecule has 0 bridgehead atoms. The van der Waals surface area contributed by atoms with E-state index in [-0.39, 0.29) is 16.7 Å². The molecule has 43 heavy (non-hydrogen) atoms. The molecule has 0 N–H and O–H groups in total. The molecular formula is C33H33F3O7. The van der Waals surface area contributed by atoms with Gasteiger partial charge in [-0.25, -0.2) is 9.59 Å². The van der Waals surface area contributed by atoms with Crippen LogP contribution in [0.4, 0.5) is 13.2 Å². The predicted molar refractivity (Wildman–Crippen MR) is 151 cm³/mol. The quantitative estimate of drug-likeness (QED) is 0.182. The lowest BCUT2D eigenvalue weighted by Gasteiger charge is -2.41. The maximum atomic E-state index is 14.7. The van der Waals surface area contributed by atoms with Gasteiger partial charge in [-0.2, -0.15) is 13.2 Å². The van der Waals surface area contributed by atoms with E-state index in [1.54, 1.807) is 12.2 Å². The number of fused-ring (bicyclic) bond motifs is 2. The smallest absolute Gasteiger partial charge is 0.432 e. The zero-order valence-electron chi connectivity index (χ0n) is 24.7. The minimum absolute atomic E-state index is 0.0824. The molecule has 1 aromatic carbocycles. The molecule has 0 amide bonds. The van der Waals surface area contributed by atoms with Gasteiger partial charge in [-0.3, -0.25) is 4.79 Å². The normalized spacial score (nSPS) is 24.1. The molecule has 1 aromatic rings. The van der Waals surface area contributed by atoms with Crippen LogP contribution in [0.2, 0.25) is 0 Å². The Bertz CT molecular complexity index is 1510. The third kappa shape index (κ3) is 5.63. The first-order chi connectivity index (χ1) is 20.2. The number of halogens is 3. The molecule has 0 fully saturated rings. The third-order valence-corrected chi connectivity index (χ3v) is 7.80. The van der Waals surface area contributed by atoms with Crippen LogP contribution in [0.5, 0.6) is 0 Å². The summed E-state index contributed by atoms with van der Waals surface area (Å²) < 4.78 is 65.8. The summed E-state index contributed by atoms with van der Waals surface area (Å²) in [5.41, 5.74) is -4.53. The first-order valence-electron chi connectivity index (χ1n) is 13.7. The van der Waals surface area contributed by atoms with E-state index in [9.17, 15) is 27.6 Å². The minimum atomic E-state index is -5.24. The second-order valence-electron chi connectivity index (χ2n) is 10.8. The Morgan fingerprint density at radius 2 is 1.81 bits per heavy atom. The van der Waals surface area contributed by atoms with Crippen molar-refractivity contribution in [3.05, 3.63) is 106 Å². The summed E-state index contributed by atoms with van der Waals surface area (Å²) in [6, 6.07) is 6.36. The number of carbonyl (C=O) groups is 3. The van der Waals surface area contributed by atoms with Crippen molar-refractivity contribution < 1.29 is 46.5 Å². The molecule has 7 nitrogen and oxygen atoms in total. The highest BCUT2D eigenvalue weighted by molar-refractivity contribution is 6.19. The molecule has 2 aliphatic heterocycles. The molecule has 0 aromatic heterocycles. The van der Waals surface area contributed by atoms with Crippen molar-refractivity contribution in [3.63, 3.8) is 0 Å². The summed E-state index contributed by atoms with van der Waals surface area (Å²) in [4.78, 5) is 39.0. The van der Waals surface area contributed by atoms with Crippen molar-refractivity contribution in [2.24, 2.45) is 5.92 Å². The number of alkyl halides is 3. The SMILES string of the molecule is CC[C@H](C)/C=C(C)/C=C/C1=CC2=CC3=C(C(C)=O)C(=O)O[C@@]3(C)[C@H](OC(=O)[C@@](OC)(c3ccccc3)C(F)(F)F)C2=CO1. The number of ketones is 1. The van der Waals surface area contributed by atoms with E-state index in [0.29, 0.717) is 17.3 Å². The summed E-state index contributed by atoms with van der Waals surface area (Å²) in [6.07, 6.45) is 4.13. The van der Waals surface area contributed by atoms with E-state index in [1.165, 1.54) is 44.4 Å². The van der Waals surface area contributed by atoms with Gasteiger partial charge < -0.3 is 18.9 Å². The Hall–Kier alpha value is -4.18. The van der Waals surface area contributed by atoms with Crippen LogP contribution in [0.25, 0.3) is 0 Å². The topological polar surface area (TPSA) is 88.1 Å². The summed E-state index contributed by atoms with van der Waals surface area (Å²) in [7, 11) is 0.756. The fraction of sp³-hybridized carbons (Fsp3) is 0.364. The highest BCUT2D eigenvalue weighted by atomic mass is 19.4. The number of carbonyl (C=O) groups excluding carboxylic acids is 3. The number of methoxy groups -OCH3 is 1. The molecule has 1 aliphatic carbocycles. The van der Waals surface area contributed by atoms with Crippen molar-refractivity contribution in [2.75, 3.05) is 7.11 Å². The van der Waals surface area contributed by atoms with Gasteiger partial charge in [-0.1, -0.05) is 68.3 Å². The number of ether oxygens (including phenoxy) is 4. The van der Waals surface area contributed by atoms with Crippen molar-refractivity contribution in [1.29, 1.82) is 0 Å². The lowest BCUT2D eigenvalue weighted by Crippen LogP contribution is -2.56. The van der Waals surface area contributed by atoms with Gasteiger partial charge in [-0.15, -0.1) is 0 Å². The van der Waals surface area contributed by atoms with Crippen LogP contribution >= 0.6 is 0 Å². The van der Waals surface area contributed by atoms with Crippen molar-refractivity contribution in [1.82, 2.24) is 0 Å². The minimum Gasteiger partial charge on any atom is -0.465 e. The van der Waals surface area contributed by atoms with Gasteiger partial charge in [0.2, 0.25) is 0 Å². The van der Waals surface area contributed by atoms with Gasteiger partial charge in [0.05, 0.1) is 6.26 Å².